The van der Waals surface area contributed by atoms with Crippen molar-refractivity contribution in [3.8, 4) is 22.9 Å². The maximum Gasteiger partial charge on any atom is 0.234 e. The number of ether oxygens (including phenoxy) is 2. The number of rotatable bonds is 7. The van der Waals surface area contributed by atoms with Crippen molar-refractivity contribution in [2.24, 2.45) is 0 Å². The molecule has 0 saturated carbocycles. The number of methoxy groups -OCH3 is 2. The molecular weight excluding hydrogens is 364 g/mol. The van der Waals surface area contributed by atoms with Gasteiger partial charge in [-0.15, -0.1) is 5.10 Å². The van der Waals surface area contributed by atoms with Gasteiger partial charge in [0.15, 0.2) is 5.82 Å². The molecule has 3 rings (SSSR count). The van der Waals surface area contributed by atoms with Gasteiger partial charge >= 0.3 is 0 Å². The average molecular weight is 384 g/mol. The van der Waals surface area contributed by atoms with Crippen LogP contribution in [-0.2, 0) is 4.79 Å². The van der Waals surface area contributed by atoms with Crippen LogP contribution in [0.5, 0.6) is 11.5 Å². The van der Waals surface area contributed by atoms with Gasteiger partial charge in [0.1, 0.15) is 11.5 Å². The lowest BCUT2D eigenvalue weighted by atomic mass is 10.2. The molecule has 0 unspecified atom stereocenters. The number of nitrogens with zero attached hydrogens (tertiary/aromatic N) is 2. The van der Waals surface area contributed by atoms with E-state index in [9.17, 15) is 4.79 Å². The van der Waals surface area contributed by atoms with E-state index in [4.69, 9.17) is 9.47 Å². The molecule has 7 nitrogen and oxygen atoms in total. The second kappa shape index (κ2) is 8.59. The van der Waals surface area contributed by atoms with Crippen LogP contribution in [0.2, 0.25) is 0 Å². The van der Waals surface area contributed by atoms with Crippen molar-refractivity contribution in [2.45, 2.75) is 12.1 Å². The number of amides is 1. The number of aromatic nitrogens is 3. The van der Waals surface area contributed by atoms with Crippen molar-refractivity contribution >= 4 is 23.4 Å². The van der Waals surface area contributed by atoms with E-state index in [1.807, 2.05) is 43.3 Å². The van der Waals surface area contributed by atoms with Crippen LogP contribution in [0.3, 0.4) is 0 Å². The number of hydrogen-bond acceptors (Lipinski definition) is 6. The van der Waals surface area contributed by atoms with E-state index in [-0.39, 0.29) is 11.7 Å². The molecule has 0 radical (unpaired) electrons. The summed E-state index contributed by atoms with van der Waals surface area (Å²) in [4.78, 5) is 16.5. The summed E-state index contributed by atoms with van der Waals surface area (Å²) < 4.78 is 10.5. The summed E-state index contributed by atoms with van der Waals surface area (Å²) in [6.07, 6.45) is 0. The fraction of sp³-hybridized carbons (Fsp3) is 0.211. The quantitative estimate of drug-likeness (QED) is 0.606. The minimum Gasteiger partial charge on any atom is -0.497 e. The van der Waals surface area contributed by atoms with E-state index in [1.54, 1.807) is 20.3 Å². The van der Waals surface area contributed by atoms with Gasteiger partial charge in [-0.1, -0.05) is 29.5 Å². The molecule has 2 N–H and O–H groups in total. The molecule has 3 aromatic rings. The number of aromatic amines is 1. The first-order chi connectivity index (χ1) is 13.1. The molecule has 0 atom stereocenters. The van der Waals surface area contributed by atoms with E-state index >= 15 is 0 Å². The van der Waals surface area contributed by atoms with Crippen LogP contribution in [0.25, 0.3) is 11.4 Å². The first-order valence-electron chi connectivity index (χ1n) is 8.22. The van der Waals surface area contributed by atoms with Crippen molar-refractivity contribution in [3.63, 3.8) is 0 Å². The first kappa shape index (κ1) is 18.8. The maximum atomic E-state index is 12.1. The number of H-pyrrole nitrogens is 1. The van der Waals surface area contributed by atoms with Gasteiger partial charge < -0.3 is 14.8 Å². The second-order valence-corrected chi connectivity index (χ2v) is 6.71. The molecule has 1 amide bonds. The largest absolute Gasteiger partial charge is 0.497 e. The normalized spacial score (nSPS) is 10.5. The molecule has 0 fully saturated rings. The SMILES string of the molecule is COc1cc(OC)cc(-c2nc(SCC(=O)Nc3ccc(C)cc3)n[nH]2)c1. The van der Waals surface area contributed by atoms with Crippen LogP contribution in [0.15, 0.2) is 47.6 Å². The standard InChI is InChI=1S/C19H20N4O3S/c1-12-4-6-14(7-5-12)20-17(24)11-27-19-21-18(22-23-19)13-8-15(25-2)10-16(9-13)26-3/h4-10H,11H2,1-3H3,(H,20,24)(H,21,22,23). The number of nitrogens with one attached hydrogen (secondary N) is 2. The van der Waals surface area contributed by atoms with Gasteiger partial charge in [0, 0.05) is 17.3 Å². The molecule has 0 aliphatic rings. The van der Waals surface area contributed by atoms with E-state index in [0.29, 0.717) is 22.5 Å². The Morgan fingerprint density at radius 1 is 1.11 bits per heavy atom. The molecule has 1 heterocycles. The van der Waals surface area contributed by atoms with Gasteiger partial charge in [-0.05, 0) is 31.2 Å². The van der Waals surface area contributed by atoms with Crippen molar-refractivity contribution in [1.29, 1.82) is 0 Å². The molecule has 140 valence electrons. The summed E-state index contributed by atoms with van der Waals surface area (Å²) in [7, 11) is 3.18. The number of anilines is 1. The van der Waals surface area contributed by atoms with Crippen molar-refractivity contribution < 1.29 is 14.3 Å². The highest BCUT2D eigenvalue weighted by molar-refractivity contribution is 7.99. The highest BCUT2D eigenvalue weighted by atomic mass is 32.2. The molecule has 1 aromatic heterocycles. The summed E-state index contributed by atoms with van der Waals surface area (Å²) >= 11 is 1.26. The minimum absolute atomic E-state index is 0.113. The molecule has 0 aliphatic carbocycles. The lowest BCUT2D eigenvalue weighted by molar-refractivity contribution is -0.113. The summed E-state index contributed by atoms with van der Waals surface area (Å²) in [6.45, 7) is 2.00. The third kappa shape index (κ3) is 5.01. The number of carbonyl (C=O) groups is 1. The number of thioether (sulfide) groups is 1. The molecule has 2 aromatic carbocycles. The Labute approximate surface area is 161 Å². The van der Waals surface area contributed by atoms with Crippen molar-refractivity contribution in [1.82, 2.24) is 15.2 Å². The van der Waals surface area contributed by atoms with Gasteiger partial charge in [-0.2, -0.15) is 0 Å². The van der Waals surface area contributed by atoms with E-state index < -0.39 is 0 Å². The Balaban J connectivity index is 1.62. The Kier molecular flexibility index (Phi) is 5.97. The molecular formula is C19H20N4O3S. The topological polar surface area (TPSA) is 89.1 Å². The fourth-order valence-corrected chi connectivity index (χ4v) is 2.95. The zero-order chi connectivity index (χ0) is 19.2. The zero-order valence-electron chi connectivity index (χ0n) is 15.3. The monoisotopic (exact) mass is 384 g/mol. The highest BCUT2D eigenvalue weighted by Crippen LogP contribution is 2.28. The van der Waals surface area contributed by atoms with Gasteiger partial charge in [0.2, 0.25) is 11.1 Å². The van der Waals surface area contributed by atoms with Crippen LogP contribution in [-0.4, -0.2) is 41.1 Å². The smallest absolute Gasteiger partial charge is 0.234 e. The predicted octanol–water partition coefficient (Wildman–Crippen LogP) is 3.53. The first-order valence-corrected chi connectivity index (χ1v) is 9.21. The van der Waals surface area contributed by atoms with E-state index in [0.717, 1.165) is 16.8 Å². The van der Waals surface area contributed by atoms with Crippen molar-refractivity contribution in [2.75, 3.05) is 25.3 Å². The molecule has 0 spiro atoms. The van der Waals surface area contributed by atoms with E-state index in [2.05, 4.69) is 20.5 Å². The van der Waals surface area contributed by atoms with E-state index in [1.165, 1.54) is 11.8 Å². The predicted molar refractivity (Wildman–Crippen MR) is 105 cm³/mol. The summed E-state index contributed by atoms with van der Waals surface area (Å²) in [5.41, 5.74) is 2.70. The van der Waals surface area contributed by atoms with Crippen LogP contribution in [0.4, 0.5) is 5.69 Å². The third-order valence-electron chi connectivity index (χ3n) is 3.76. The fourth-order valence-electron chi connectivity index (χ4n) is 2.35. The van der Waals surface area contributed by atoms with Crippen molar-refractivity contribution in [3.05, 3.63) is 48.0 Å². The molecule has 8 heteroatoms. The third-order valence-corrected chi connectivity index (χ3v) is 4.60. The molecule has 0 saturated heterocycles. The summed E-state index contributed by atoms with van der Waals surface area (Å²) in [6, 6.07) is 13.1. The van der Waals surface area contributed by atoms with Gasteiger partial charge in [0.05, 0.1) is 20.0 Å². The lowest BCUT2D eigenvalue weighted by Gasteiger charge is -2.06. The highest BCUT2D eigenvalue weighted by Gasteiger charge is 2.11. The summed E-state index contributed by atoms with van der Waals surface area (Å²) in [5.74, 6) is 2.00. The number of hydrogen-bond donors (Lipinski definition) is 2. The van der Waals surface area contributed by atoms with Crippen LogP contribution in [0, 0.1) is 6.92 Å². The minimum atomic E-state index is -0.113. The van der Waals surface area contributed by atoms with Crippen LogP contribution >= 0.6 is 11.8 Å². The van der Waals surface area contributed by atoms with Gasteiger partial charge in [-0.25, -0.2) is 4.98 Å². The van der Waals surface area contributed by atoms with Crippen LogP contribution in [0.1, 0.15) is 5.56 Å². The Morgan fingerprint density at radius 2 is 1.78 bits per heavy atom. The lowest BCUT2D eigenvalue weighted by Crippen LogP contribution is -2.14. The number of aryl methyl sites for hydroxylation is 1. The Morgan fingerprint density at radius 3 is 2.41 bits per heavy atom. The molecule has 27 heavy (non-hydrogen) atoms. The Bertz CT molecular complexity index is 903. The van der Waals surface area contributed by atoms with Gasteiger partial charge in [-0.3, -0.25) is 9.89 Å². The number of benzene rings is 2. The zero-order valence-corrected chi connectivity index (χ0v) is 16.1. The molecule has 0 aliphatic heterocycles. The van der Waals surface area contributed by atoms with Gasteiger partial charge in [0.25, 0.3) is 0 Å². The summed E-state index contributed by atoms with van der Waals surface area (Å²) in [5, 5.41) is 10.4. The Hall–Kier alpha value is -3.00. The second-order valence-electron chi connectivity index (χ2n) is 5.77. The van der Waals surface area contributed by atoms with Crippen LogP contribution < -0.4 is 14.8 Å². The maximum absolute atomic E-state index is 12.1. The average Bonchev–Trinajstić information content (AvgIpc) is 3.17. The molecule has 0 bridgehead atoms. The number of carbonyl (C=O) groups excluding carboxylic acids is 1.